The van der Waals surface area contributed by atoms with E-state index in [2.05, 4.69) is 36.1 Å². The number of aromatic nitrogens is 2. The van der Waals surface area contributed by atoms with Gasteiger partial charge in [0.2, 0.25) is 0 Å². The lowest BCUT2D eigenvalue weighted by Crippen LogP contribution is -2.36. The quantitative estimate of drug-likeness (QED) is 0.283. The van der Waals surface area contributed by atoms with Gasteiger partial charge in [0, 0.05) is 5.75 Å². The molecular weight excluding hydrogens is 416 g/mol. The van der Waals surface area contributed by atoms with Crippen LogP contribution in [0.2, 0.25) is 5.15 Å². The van der Waals surface area contributed by atoms with Gasteiger partial charge in [-0.05, 0) is 25.7 Å². The minimum Gasteiger partial charge on any atom is -0.394 e. The molecule has 1 aromatic rings. The molecule has 8 nitrogen and oxygen atoms in total. The van der Waals surface area contributed by atoms with Crippen LogP contribution < -0.4 is 11.1 Å². The molecule has 2 aliphatic rings. The third-order valence-corrected chi connectivity index (χ3v) is 6.75. The van der Waals surface area contributed by atoms with Gasteiger partial charge in [-0.25, -0.2) is 9.97 Å². The molecule has 0 unspecified atom stereocenters. The number of nitrogen functional groups attached to an aromatic ring is 1. The number of aliphatic hydroxyl groups is 1. The van der Waals surface area contributed by atoms with E-state index in [0.717, 1.165) is 25.0 Å². The number of aliphatic hydroxyl groups excluding tert-OH is 1. The first-order chi connectivity index (χ1) is 14.0. The number of ether oxygens (including phenoxy) is 3. The zero-order chi connectivity index (χ0) is 21.0. The number of fused-ring (bicyclic) bond motifs is 1. The molecule has 10 heteroatoms. The largest absolute Gasteiger partial charge is 0.394 e. The third kappa shape index (κ3) is 4.91. The van der Waals surface area contributed by atoms with Crippen LogP contribution in [-0.4, -0.2) is 64.2 Å². The Bertz CT molecular complexity index is 694. The van der Waals surface area contributed by atoms with Gasteiger partial charge in [-0.15, -0.1) is 0 Å². The fraction of sp³-hybridized carbons (Fsp3) is 0.789. The Morgan fingerprint density at radius 1 is 1.28 bits per heavy atom. The van der Waals surface area contributed by atoms with Crippen molar-refractivity contribution in [1.82, 2.24) is 9.97 Å². The normalized spacial score (nSPS) is 27.9. The Morgan fingerprint density at radius 3 is 2.66 bits per heavy atom. The molecule has 1 aliphatic heterocycles. The molecule has 3 rings (SSSR count). The van der Waals surface area contributed by atoms with E-state index in [1.807, 2.05) is 0 Å². The molecular formula is C19H31ClN4O4S. The maximum Gasteiger partial charge on any atom is 0.191 e. The molecule has 2 heterocycles. The summed E-state index contributed by atoms with van der Waals surface area (Å²) in [7, 11) is 0. The van der Waals surface area contributed by atoms with Gasteiger partial charge in [-0.2, -0.15) is 0 Å². The lowest BCUT2D eigenvalue weighted by Gasteiger charge is -2.29. The number of nitrogens with one attached hydrogen (secondary N) is 1. The summed E-state index contributed by atoms with van der Waals surface area (Å²) in [5.74, 6) is 0.787. The summed E-state index contributed by atoms with van der Waals surface area (Å²) < 4.78 is 18.6. The Hall–Kier alpha value is -0.840. The number of hydrogen-bond acceptors (Lipinski definition) is 9. The van der Waals surface area contributed by atoms with E-state index in [4.69, 9.17) is 36.7 Å². The van der Waals surface area contributed by atoms with E-state index in [9.17, 15) is 0 Å². The topological polar surface area (TPSA) is 112 Å². The number of nitrogens with two attached hydrogens (primary N) is 1. The van der Waals surface area contributed by atoms with Gasteiger partial charge in [-0.1, -0.05) is 44.1 Å². The highest BCUT2D eigenvalue weighted by Gasteiger charge is 2.56. The fourth-order valence-electron chi connectivity index (χ4n) is 3.83. The molecule has 4 N–H and O–H groups in total. The molecule has 1 saturated heterocycles. The lowest BCUT2D eigenvalue weighted by atomic mass is 10.1. The van der Waals surface area contributed by atoms with Crippen molar-refractivity contribution in [2.24, 2.45) is 0 Å². The first-order valence-corrected chi connectivity index (χ1v) is 11.6. The van der Waals surface area contributed by atoms with Gasteiger partial charge in [-0.3, -0.25) is 0 Å². The first kappa shape index (κ1) is 22.8. The van der Waals surface area contributed by atoms with Crippen LogP contribution in [0, 0.1) is 0 Å². The van der Waals surface area contributed by atoms with E-state index >= 15 is 0 Å². The molecule has 1 saturated carbocycles. The number of rotatable bonds is 10. The highest BCUT2D eigenvalue weighted by molar-refractivity contribution is 7.99. The third-order valence-electron chi connectivity index (χ3n) is 5.41. The van der Waals surface area contributed by atoms with Crippen LogP contribution in [0.5, 0.6) is 0 Å². The molecule has 29 heavy (non-hydrogen) atoms. The standard InChI is InChI=1S/C19H31ClN4O4S/c1-4-9-29-18-23-16(20)13(21)17(24-18)22-11-10-12(26-8-7-25)15-14(11)27-19(5-2,6-3)28-15/h11-12,14-15,25H,4-10,21H2,1-3H3,(H,22,23,24)/t11-,12+,14+,15-/m1/s1. The molecule has 0 spiro atoms. The second-order valence-electron chi connectivity index (χ2n) is 7.31. The van der Waals surface area contributed by atoms with Crippen LogP contribution in [0.4, 0.5) is 11.5 Å². The van der Waals surface area contributed by atoms with Gasteiger partial charge >= 0.3 is 0 Å². The minimum atomic E-state index is -0.618. The monoisotopic (exact) mass is 446 g/mol. The van der Waals surface area contributed by atoms with Crippen LogP contribution in [0.15, 0.2) is 5.16 Å². The molecule has 0 aromatic carbocycles. The number of halogens is 1. The van der Waals surface area contributed by atoms with Crippen molar-refractivity contribution in [1.29, 1.82) is 0 Å². The number of anilines is 2. The summed E-state index contributed by atoms with van der Waals surface area (Å²) in [4.78, 5) is 8.83. The highest BCUT2D eigenvalue weighted by atomic mass is 35.5. The second kappa shape index (κ2) is 9.98. The summed E-state index contributed by atoms with van der Waals surface area (Å²) in [6.45, 7) is 6.42. The van der Waals surface area contributed by atoms with Crippen LogP contribution >= 0.6 is 23.4 Å². The molecule has 0 amide bonds. The van der Waals surface area contributed by atoms with Gasteiger partial charge in [0.05, 0.1) is 25.4 Å². The average molecular weight is 447 g/mol. The zero-order valence-corrected chi connectivity index (χ0v) is 18.8. The minimum absolute atomic E-state index is 0.0357. The molecule has 2 fully saturated rings. The molecule has 164 valence electrons. The first-order valence-electron chi connectivity index (χ1n) is 10.3. The molecule has 1 aromatic heterocycles. The highest BCUT2D eigenvalue weighted by Crippen LogP contribution is 2.44. The van der Waals surface area contributed by atoms with Crippen LogP contribution in [0.1, 0.15) is 46.5 Å². The van der Waals surface area contributed by atoms with Crippen molar-refractivity contribution in [2.75, 3.05) is 30.0 Å². The van der Waals surface area contributed by atoms with Gasteiger partial charge < -0.3 is 30.4 Å². The summed E-state index contributed by atoms with van der Waals surface area (Å²) in [5, 5.41) is 13.4. The summed E-state index contributed by atoms with van der Waals surface area (Å²) in [6, 6.07) is -0.110. The van der Waals surface area contributed by atoms with Crippen molar-refractivity contribution in [3.63, 3.8) is 0 Å². The van der Waals surface area contributed by atoms with E-state index in [1.54, 1.807) is 11.8 Å². The summed E-state index contributed by atoms with van der Waals surface area (Å²) in [5.41, 5.74) is 6.47. The predicted octanol–water partition coefficient (Wildman–Crippen LogP) is 3.08. The van der Waals surface area contributed by atoms with Crippen molar-refractivity contribution >= 4 is 34.9 Å². The van der Waals surface area contributed by atoms with E-state index < -0.39 is 5.79 Å². The van der Waals surface area contributed by atoms with E-state index in [-0.39, 0.29) is 42.7 Å². The van der Waals surface area contributed by atoms with Crippen LogP contribution in [0.25, 0.3) is 0 Å². The lowest BCUT2D eigenvalue weighted by molar-refractivity contribution is -0.196. The zero-order valence-electron chi connectivity index (χ0n) is 17.2. The van der Waals surface area contributed by atoms with Crippen molar-refractivity contribution < 1.29 is 19.3 Å². The smallest absolute Gasteiger partial charge is 0.191 e. The fourth-order valence-corrected chi connectivity index (χ4v) is 4.75. The molecule has 0 bridgehead atoms. The van der Waals surface area contributed by atoms with Crippen molar-refractivity contribution in [2.45, 2.75) is 81.8 Å². The second-order valence-corrected chi connectivity index (χ2v) is 8.73. The van der Waals surface area contributed by atoms with Crippen LogP contribution in [-0.2, 0) is 14.2 Å². The van der Waals surface area contributed by atoms with Gasteiger partial charge in [0.1, 0.15) is 17.9 Å². The Kier molecular flexibility index (Phi) is 7.86. The summed E-state index contributed by atoms with van der Waals surface area (Å²) in [6.07, 6.45) is 2.54. The average Bonchev–Trinajstić information content (AvgIpc) is 3.25. The SMILES string of the molecule is CCCSc1nc(Cl)c(N)c(N[C@@H]2C[C@H](OCCO)[C@H]3OC(CC)(CC)O[C@H]32)n1. The number of thioether (sulfide) groups is 1. The predicted molar refractivity (Wildman–Crippen MR) is 114 cm³/mol. The molecule has 4 atom stereocenters. The van der Waals surface area contributed by atoms with E-state index in [1.165, 1.54) is 0 Å². The number of hydrogen-bond donors (Lipinski definition) is 3. The Balaban J connectivity index is 1.82. The number of nitrogens with zero attached hydrogens (tertiary/aromatic N) is 2. The Labute approximate surface area is 181 Å². The summed E-state index contributed by atoms with van der Waals surface area (Å²) >= 11 is 7.79. The van der Waals surface area contributed by atoms with Gasteiger partial charge in [0.25, 0.3) is 0 Å². The maximum absolute atomic E-state index is 9.17. The van der Waals surface area contributed by atoms with E-state index in [0.29, 0.717) is 23.1 Å². The van der Waals surface area contributed by atoms with Crippen LogP contribution in [0.3, 0.4) is 0 Å². The van der Waals surface area contributed by atoms with Crippen molar-refractivity contribution in [3.8, 4) is 0 Å². The molecule has 1 aliphatic carbocycles. The molecule has 0 radical (unpaired) electrons. The van der Waals surface area contributed by atoms with Crippen molar-refractivity contribution in [3.05, 3.63) is 5.15 Å². The Morgan fingerprint density at radius 2 is 2.00 bits per heavy atom. The maximum atomic E-state index is 9.17. The van der Waals surface area contributed by atoms with Gasteiger partial charge in [0.15, 0.2) is 21.9 Å².